The summed E-state index contributed by atoms with van der Waals surface area (Å²) in [4.78, 5) is 27.1. The van der Waals surface area contributed by atoms with Gasteiger partial charge in [0.15, 0.2) is 0 Å². The van der Waals surface area contributed by atoms with E-state index in [1.807, 2.05) is 6.92 Å². The monoisotopic (exact) mass is 397 g/mol. The van der Waals surface area contributed by atoms with Crippen LogP contribution in [0.3, 0.4) is 0 Å². The minimum Gasteiger partial charge on any atom is -0.472 e. The Bertz CT molecular complexity index is 1070. The highest BCUT2D eigenvalue weighted by molar-refractivity contribution is 6.48. The highest BCUT2D eigenvalue weighted by atomic mass is 16.6. The summed E-state index contributed by atoms with van der Waals surface area (Å²) in [7, 11) is 0. The molecule has 1 aliphatic carbocycles. The molecule has 2 aromatic rings. The van der Waals surface area contributed by atoms with E-state index in [4.69, 9.17) is 9.15 Å². The lowest BCUT2D eigenvalue weighted by atomic mass is 9.79. The zero-order chi connectivity index (χ0) is 20.6. The number of fused-ring (bicyclic) bond motifs is 2. The van der Waals surface area contributed by atoms with Gasteiger partial charge in [-0.05, 0) is 12.5 Å². The fourth-order valence-electron chi connectivity index (χ4n) is 4.88. The first-order valence-electron chi connectivity index (χ1n) is 9.42. The van der Waals surface area contributed by atoms with Gasteiger partial charge in [0.2, 0.25) is 11.3 Å². The van der Waals surface area contributed by atoms with Crippen LogP contribution in [0.1, 0.15) is 36.5 Å². The van der Waals surface area contributed by atoms with Crippen LogP contribution in [0.15, 0.2) is 52.8 Å². The molecule has 3 aliphatic rings. The van der Waals surface area contributed by atoms with Crippen LogP contribution < -0.4 is 0 Å². The quantitative estimate of drug-likeness (QED) is 0.519. The number of ketones is 1. The fourth-order valence-corrected chi connectivity index (χ4v) is 4.88. The van der Waals surface area contributed by atoms with Crippen LogP contribution in [0.25, 0.3) is 5.76 Å². The topological polar surface area (TPSA) is 120 Å². The second kappa shape index (κ2) is 5.56. The Balaban J connectivity index is 1.88. The number of nitrogens with zero attached hydrogens (tertiary/aromatic N) is 1. The van der Waals surface area contributed by atoms with E-state index in [9.17, 15) is 24.9 Å². The molecule has 0 saturated carbocycles. The molecule has 1 aromatic carbocycles. The Kier molecular flexibility index (Phi) is 3.48. The Morgan fingerprint density at radius 2 is 1.79 bits per heavy atom. The lowest BCUT2D eigenvalue weighted by Gasteiger charge is -2.45. The molecule has 3 N–H and O–H groups in total. The van der Waals surface area contributed by atoms with Gasteiger partial charge in [0.05, 0.1) is 17.4 Å². The number of hydrogen-bond acceptors (Lipinski definition) is 7. The van der Waals surface area contributed by atoms with Crippen LogP contribution in [0.4, 0.5) is 0 Å². The summed E-state index contributed by atoms with van der Waals surface area (Å²) in [5.41, 5.74) is -2.11. The van der Waals surface area contributed by atoms with Crippen LogP contribution in [0.2, 0.25) is 0 Å². The van der Waals surface area contributed by atoms with Crippen molar-refractivity contribution in [2.24, 2.45) is 0 Å². The Hall–Kier alpha value is -2.94. The van der Waals surface area contributed by atoms with E-state index >= 15 is 0 Å². The van der Waals surface area contributed by atoms with Crippen molar-refractivity contribution < 1.29 is 34.1 Å². The second-order valence-electron chi connectivity index (χ2n) is 7.53. The maximum absolute atomic E-state index is 13.1. The molecule has 29 heavy (non-hydrogen) atoms. The fraction of sp³-hybridized carbons (Fsp3) is 0.333. The number of benzene rings is 1. The molecular weight excluding hydrogens is 378 g/mol. The molecule has 8 nitrogen and oxygen atoms in total. The number of likely N-dealkylation sites (tertiary alicyclic amines) is 1. The summed E-state index contributed by atoms with van der Waals surface area (Å²) in [5, 5.41) is 34.5. The molecule has 0 radical (unpaired) electrons. The molecule has 0 unspecified atom stereocenters. The van der Waals surface area contributed by atoms with E-state index in [2.05, 4.69) is 0 Å². The number of rotatable bonds is 4. The van der Waals surface area contributed by atoms with Crippen molar-refractivity contribution in [3.05, 3.63) is 65.1 Å². The van der Waals surface area contributed by atoms with Crippen LogP contribution in [-0.4, -0.2) is 44.0 Å². The molecule has 150 valence electrons. The van der Waals surface area contributed by atoms with E-state index in [0.29, 0.717) is 18.4 Å². The van der Waals surface area contributed by atoms with Gasteiger partial charge in [-0.3, -0.25) is 9.59 Å². The number of hydrogen-bond donors (Lipinski definition) is 3. The predicted molar refractivity (Wildman–Crippen MR) is 97.5 cm³/mol. The third-order valence-corrected chi connectivity index (χ3v) is 6.09. The second-order valence-corrected chi connectivity index (χ2v) is 7.53. The van der Waals surface area contributed by atoms with Gasteiger partial charge in [0, 0.05) is 17.7 Å². The summed E-state index contributed by atoms with van der Waals surface area (Å²) in [6.45, 7) is 1.95. The molecule has 1 amide bonds. The molecule has 1 fully saturated rings. The van der Waals surface area contributed by atoms with E-state index in [1.54, 1.807) is 12.1 Å². The van der Waals surface area contributed by atoms with Gasteiger partial charge in [-0.2, -0.15) is 0 Å². The van der Waals surface area contributed by atoms with E-state index in [0.717, 1.165) is 4.90 Å². The number of aliphatic hydroxyl groups is 3. The van der Waals surface area contributed by atoms with Gasteiger partial charge < -0.3 is 29.4 Å². The van der Waals surface area contributed by atoms with Crippen molar-refractivity contribution in [2.45, 2.75) is 36.9 Å². The smallest absolute Gasteiger partial charge is 0.296 e. The average molecular weight is 397 g/mol. The van der Waals surface area contributed by atoms with Crippen LogP contribution in [0, 0.1) is 0 Å². The highest BCUT2D eigenvalue weighted by Crippen LogP contribution is 2.67. The zero-order valence-electron chi connectivity index (χ0n) is 15.6. The SMILES string of the molecule is CCCCN1C(=O)C(=O)C2=C(c3ccoc3)O[C@]3(O)c4ccccc4C(O)(O)[C@]213. The summed E-state index contributed by atoms with van der Waals surface area (Å²) in [6, 6.07) is 7.63. The first-order valence-corrected chi connectivity index (χ1v) is 9.42. The molecular formula is C21H19NO7. The minimum atomic E-state index is -2.76. The van der Waals surface area contributed by atoms with Crippen molar-refractivity contribution in [3.8, 4) is 0 Å². The first kappa shape index (κ1) is 18.1. The maximum atomic E-state index is 13.1. The molecule has 1 aromatic heterocycles. The summed E-state index contributed by atoms with van der Waals surface area (Å²) in [6.07, 6.45) is 3.84. The molecule has 5 rings (SSSR count). The largest absolute Gasteiger partial charge is 0.472 e. The molecule has 8 heteroatoms. The van der Waals surface area contributed by atoms with Gasteiger partial charge >= 0.3 is 0 Å². The van der Waals surface area contributed by atoms with Crippen molar-refractivity contribution in [1.82, 2.24) is 4.90 Å². The van der Waals surface area contributed by atoms with Crippen LogP contribution in [-0.2, 0) is 25.9 Å². The summed E-state index contributed by atoms with van der Waals surface area (Å²) >= 11 is 0. The number of Topliss-reactive ketones (excluding diaryl/α,β-unsaturated/α-hetero) is 1. The van der Waals surface area contributed by atoms with Gasteiger partial charge in [-0.25, -0.2) is 0 Å². The van der Waals surface area contributed by atoms with Crippen LogP contribution in [0.5, 0.6) is 0 Å². The van der Waals surface area contributed by atoms with Gasteiger partial charge in [0.25, 0.3) is 17.5 Å². The van der Waals surface area contributed by atoms with E-state index in [-0.39, 0.29) is 29.0 Å². The number of furan rings is 1. The van der Waals surface area contributed by atoms with Crippen molar-refractivity contribution in [1.29, 1.82) is 0 Å². The number of ether oxygens (including phenoxy) is 1. The molecule has 0 bridgehead atoms. The molecule has 1 saturated heterocycles. The molecule has 1 spiro atoms. The highest BCUT2D eigenvalue weighted by Gasteiger charge is 2.85. The van der Waals surface area contributed by atoms with Crippen molar-refractivity contribution in [2.75, 3.05) is 6.54 Å². The lowest BCUT2D eigenvalue weighted by molar-refractivity contribution is -0.312. The normalized spacial score (nSPS) is 29.2. The lowest BCUT2D eigenvalue weighted by Crippen LogP contribution is -2.66. The molecule has 2 atom stereocenters. The number of unbranched alkanes of at least 4 members (excludes halogenated alkanes) is 1. The summed E-state index contributed by atoms with van der Waals surface area (Å²) < 4.78 is 11.0. The van der Waals surface area contributed by atoms with Crippen molar-refractivity contribution in [3.63, 3.8) is 0 Å². The molecule has 3 heterocycles. The maximum Gasteiger partial charge on any atom is 0.296 e. The van der Waals surface area contributed by atoms with Gasteiger partial charge in [-0.1, -0.05) is 37.6 Å². The van der Waals surface area contributed by atoms with Crippen molar-refractivity contribution >= 4 is 17.4 Å². The summed E-state index contributed by atoms with van der Waals surface area (Å²) in [5.74, 6) is -7.05. The predicted octanol–water partition coefficient (Wildman–Crippen LogP) is 0.967. The Morgan fingerprint density at radius 3 is 2.45 bits per heavy atom. The third kappa shape index (κ3) is 1.80. The van der Waals surface area contributed by atoms with Crippen LogP contribution >= 0.6 is 0 Å². The van der Waals surface area contributed by atoms with Gasteiger partial charge in [0.1, 0.15) is 12.0 Å². The average Bonchev–Trinajstić information content (AvgIpc) is 3.40. The zero-order valence-corrected chi connectivity index (χ0v) is 15.6. The number of carbonyl (C=O) groups is 2. The third-order valence-electron chi connectivity index (χ3n) is 6.09. The number of carbonyl (C=O) groups excluding carboxylic acids is 2. The van der Waals surface area contributed by atoms with E-state index in [1.165, 1.54) is 30.7 Å². The Labute approximate surface area is 165 Å². The standard InChI is InChI=1S/C21H19NO7/c1-2-3-9-22-18(24)16(23)15-17(12-8-10-28-11-12)29-21(27)14-7-5-4-6-13(14)20(25,26)19(15,21)22/h4-8,10-11,25-27H,2-3,9H2,1H3/t19-,21+/m0/s1. The van der Waals surface area contributed by atoms with Gasteiger partial charge in [-0.15, -0.1) is 0 Å². The first-order chi connectivity index (χ1) is 13.8. The number of amides is 1. The molecule has 2 aliphatic heterocycles. The van der Waals surface area contributed by atoms with E-state index < -0.39 is 28.8 Å². The minimum absolute atomic E-state index is 0.0183. The Morgan fingerprint density at radius 1 is 1.07 bits per heavy atom.